The Morgan fingerprint density at radius 3 is 2.07 bits per heavy atom. The van der Waals surface area contributed by atoms with Crippen LogP contribution < -0.4 is 0 Å². The molecule has 14 heavy (non-hydrogen) atoms. The molecule has 0 N–H and O–H groups in total. The van der Waals surface area contributed by atoms with Gasteiger partial charge >= 0.3 is 0 Å². The maximum absolute atomic E-state index is 2.43. The van der Waals surface area contributed by atoms with E-state index in [1.54, 1.807) is 5.57 Å². The second kappa shape index (κ2) is 8.08. The van der Waals surface area contributed by atoms with Crippen molar-refractivity contribution in [1.29, 1.82) is 0 Å². The summed E-state index contributed by atoms with van der Waals surface area (Å²) in [6, 6.07) is 0. The van der Waals surface area contributed by atoms with Gasteiger partial charge in [-0.15, -0.1) is 0 Å². The van der Waals surface area contributed by atoms with Crippen LogP contribution >= 0.6 is 0 Å². The van der Waals surface area contributed by atoms with Gasteiger partial charge in [0.2, 0.25) is 0 Å². The highest BCUT2D eigenvalue weighted by molar-refractivity contribution is 4.97. The summed E-state index contributed by atoms with van der Waals surface area (Å²) >= 11 is 0. The Morgan fingerprint density at radius 1 is 1.00 bits per heavy atom. The van der Waals surface area contributed by atoms with E-state index in [4.69, 9.17) is 0 Å². The van der Waals surface area contributed by atoms with E-state index in [1.165, 1.54) is 32.1 Å². The molecule has 0 unspecified atom stereocenters. The predicted molar refractivity (Wildman–Crippen MR) is 66.5 cm³/mol. The van der Waals surface area contributed by atoms with Gasteiger partial charge in [0.15, 0.2) is 0 Å². The number of allylic oxidation sites excluding steroid dienone is 2. The molecule has 0 fully saturated rings. The van der Waals surface area contributed by atoms with E-state index in [9.17, 15) is 0 Å². The lowest BCUT2D eigenvalue weighted by Gasteiger charge is -2.05. The van der Waals surface area contributed by atoms with Crippen LogP contribution in [0.3, 0.4) is 0 Å². The Hall–Kier alpha value is -0.260. The van der Waals surface area contributed by atoms with Gasteiger partial charge in [0.05, 0.1) is 0 Å². The van der Waals surface area contributed by atoms with E-state index in [-0.39, 0.29) is 0 Å². The van der Waals surface area contributed by atoms with Gasteiger partial charge in [0, 0.05) is 0 Å². The first kappa shape index (κ1) is 13.7. The summed E-state index contributed by atoms with van der Waals surface area (Å²) in [6.07, 6.45) is 9.07. The first-order chi connectivity index (χ1) is 6.52. The van der Waals surface area contributed by atoms with Gasteiger partial charge in [-0.1, -0.05) is 45.8 Å². The third-order valence-corrected chi connectivity index (χ3v) is 2.59. The lowest BCUT2D eigenvalue weighted by atomic mass is 10.0. The molecule has 0 aromatic heterocycles. The van der Waals surface area contributed by atoms with E-state index >= 15 is 0 Å². The molecule has 0 spiro atoms. The molecule has 0 saturated heterocycles. The molecule has 0 aromatic carbocycles. The normalized spacial score (nSPS) is 12.9. The summed E-state index contributed by atoms with van der Waals surface area (Å²) in [4.78, 5) is 0. The third kappa shape index (κ3) is 9.83. The molecule has 0 aliphatic carbocycles. The lowest BCUT2D eigenvalue weighted by Crippen LogP contribution is -1.88. The van der Waals surface area contributed by atoms with E-state index < -0.39 is 0 Å². The van der Waals surface area contributed by atoms with Crippen molar-refractivity contribution in [3.63, 3.8) is 0 Å². The highest BCUT2D eigenvalue weighted by Gasteiger charge is 1.96. The van der Waals surface area contributed by atoms with Crippen LogP contribution in [0.2, 0.25) is 0 Å². The summed E-state index contributed by atoms with van der Waals surface area (Å²) < 4.78 is 0. The second-order valence-corrected chi connectivity index (χ2v) is 5.31. The minimum atomic E-state index is 0.842. The molecule has 0 aliphatic rings. The quantitative estimate of drug-likeness (QED) is 0.491. The number of rotatable bonds is 7. The zero-order valence-corrected chi connectivity index (χ0v) is 10.8. The molecule has 0 heteroatoms. The molecule has 0 aliphatic heterocycles. The predicted octanol–water partition coefficient (Wildman–Crippen LogP) is 5.20. The molecule has 0 rings (SSSR count). The molecule has 0 radical (unpaired) electrons. The maximum Gasteiger partial charge on any atom is -0.0323 e. The van der Waals surface area contributed by atoms with Crippen molar-refractivity contribution in [3.05, 3.63) is 11.6 Å². The van der Waals surface area contributed by atoms with Crippen LogP contribution in [0.4, 0.5) is 0 Å². The van der Waals surface area contributed by atoms with Crippen LogP contribution in [-0.2, 0) is 0 Å². The van der Waals surface area contributed by atoms with Crippen LogP contribution in [0.5, 0.6) is 0 Å². The maximum atomic E-state index is 2.43. The fourth-order valence-electron chi connectivity index (χ4n) is 1.55. The summed E-state index contributed by atoms with van der Waals surface area (Å²) in [7, 11) is 0. The van der Waals surface area contributed by atoms with E-state index in [2.05, 4.69) is 40.7 Å². The van der Waals surface area contributed by atoms with Crippen molar-refractivity contribution in [2.75, 3.05) is 0 Å². The first-order valence-electron chi connectivity index (χ1n) is 6.18. The van der Waals surface area contributed by atoms with Crippen LogP contribution in [-0.4, -0.2) is 0 Å². The summed E-state index contributed by atoms with van der Waals surface area (Å²) in [5.41, 5.74) is 1.59. The molecule has 0 atom stereocenters. The zero-order chi connectivity index (χ0) is 11.0. The average molecular weight is 196 g/mol. The van der Waals surface area contributed by atoms with Crippen molar-refractivity contribution in [2.45, 2.75) is 66.7 Å². The summed E-state index contributed by atoms with van der Waals surface area (Å²) in [5, 5.41) is 0. The van der Waals surface area contributed by atoms with E-state index in [0.29, 0.717) is 0 Å². The van der Waals surface area contributed by atoms with Crippen LogP contribution in [0, 0.1) is 11.8 Å². The minimum absolute atomic E-state index is 0.842. The topological polar surface area (TPSA) is 0 Å². The van der Waals surface area contributed by atoms with Crippen LogP contribution in [0.1, 0.15) is 66.7 Å². The van der Waals surface area contributed by atoms with Gasteiger partial charge < -0.3 is 0 Å². The Bertz CT molecular complexity index is 151. The fraction of sp³-hybridized carbons (Fsp3) is 0.857. The van der Waals surface area contributed by atoms with Gasteiger partial charge in [0.1, 0.15) is 0 Å². The molecular formula is C14H28. The Balaban J connectivity index is 3.47. The molecule has 0 amide bonds. The van der Waals surface area contributed by atoms with Gasteiger partial charge in [-0.05, 0) is 44.4 Å². The Labute approximate surface area is 90.8 Å². The number of hydrogen-bond donors (Lipinski definition) is 0. The summed E-state index contributed by atoms with van der Waals surface area (Å²) in [6.45, 7) is 11.5. The largest absolute Gasteiger partial charge is 0.0856 e. The summed E-state index contributed by atoms with van der Waals surface area (Å²) in [5.74, 6) is 1.70. The van der Waals surface area contributed by atoms with Crippen LogP contribution in [0.25, 0.3) is 0 Å². The zero-order valence-electron chi connectivity index (χ0n) is 10.8. The van der Waals surface area contributed by atoms with E-state index in [1.807, 2.05) is 0 Å². The van der Waals surface area contributed by atoms with Crippen molar-refractivity contribution >= 4 is 0 Å². The molecule has 0 nitrogen and oxygen atoms in total. The molecule has 0 bridgehead atoms. The number of hydrogen-bond acceptors (Lipinski definition) is 0. The second-order valence-electron chi connectivity index (χ2n) is 5.31. The van der Waals surface area contributed by atoms with Crippen molar-refractivity contribution in [1.82, 2.24) is 0 Å². The van der Waals surface area contributed by atoms with Gasteiger partial charge in [-0.25, -0.2) is 0 Å². The van der Waals surface area contributed by atoms with Gasteiger partial charge in [0.25, 0.3) is 0 Å². The molecule has 0 saturated carbocycles. The van der Waals surface area contributed by atoms with Gasteiger partial charge in [-0.2, -0.15) is 0 Å². The molecule has 0 aromatic rings. The fourth-order valence-corrected chi connectivity index (χ4v) is 1.55. The highest BCUT2D eigenvalue weighted by Crippen LogP contribution is 2.13. The van der Waals surface area contributed by atoms with Crippen molar-refractivity contribution in [3.8, 4) is 0 Å². The van der Waals surface area contributed by atoms with Crippen molar-refractivity contribution < 1.29 is 0 Å². The Morgan fingerprint density at radius 2 is 1.57 bits per heavy atom. The Kier molecular flexibility index (Phi) is 7.93. The minimum Gasteiger partial charge on any atom is -0.0856 e. The average Bonchev–Trinajstić information content (AvgIpc) is 2.02. The smallest absolute Gasteiger partial charge is 0.0323 e. The SMILES string of the molecule is CC(=CCCC(C)C)CCCC(C)C. The molecule has 0 heterocycles. The van der Waals surface area contributed by atoms with Gasteiger partial charge in [-0.3, -0.25) is 0 Å². The van der Waals surface area contributed by atoms with E-state index in [0.717, 1.165) is 11.8 Å². The van der Waals surface area contributed by atoms with Crippen LogP contribution in [0.15, 0.2) is 11.6 Å². The van der Waals surface area contributed by atoms with Crippen molar-refractivity contribution in [2.24, 2.45) is 11.8 Å². The third-order valence-electron chi connectivity index (χ3n) is 2.59. The highest BCUT2D eigenvalue weighted by atomic mass is 14.0. The first-order valence-corrected chi connectivity index (χ1v) is 6.18. The molecule has 84 valence electrons. The molecular weight excluding hydrogens is 168 g/mol. The monoisotopic (exact) mass is 196 g/mol. The standard InChI is InChI=1S/C14H28/c1-12(2)8-6-10-14(5)11-7-9-13(3)4/h10,12-13H,6-9,11H2,1-5H3. The lowest BCUT2D eigenvalue weighted by molar-refractivity contribution is 0.553.